The van der Waals surface area contributed by atoms with Gasteiger partial charge in [0.15, 0.2) is 0 Å². The molecule has 2 N–H and O–H groups in total. The molecule has 0 aliphatic heterocycles. The van der Waals surface area contributed by atoms with Gasteiger partial charge in [0.2, 0.25) is 0 Å². The van der Waals surface area contributed by atoms with E-state index in [2.05, 4.69) is 19.6 Å². The van der Waals surface area contributed by atoms with Crippen molar-refractivity contribution in [2.75, 3.05) is 6.54 Å². The molecule has 1 rings (SSSR count). The number of halogens is 1. The van der Waals surface area contributed by atoms with Gasteiger partial charge in [0.05, 0.1) is 0 Å². The van der Waals surface area contributed by atoms with Gasteiger partial charge in [-0.05, 0) is 24.1 Å². The summed E-state index contributed by atoms with van der Waals surface area (Å²) in [7, 11) is 0. The highest BCUT2D eigenvalue weighted by Gasteiger charge is 2.23. The van der Waals surface area contributed by atoms with E-state index in [0.717, 1.165) is 11.4 Å². The van der Waals surface area contributed by atoms with Gasteiger partial charge in [-0.1, -0.05) is 36.7 Å². The lowest BCUT2D eigenvalue weighted by Gasteiger charge is -2.27. The average molecular weight is 210 g/mol. The van der Waals surface area contributed by atoms with Crippen molar-refractivity contribution in [2.45, 2.75) is 18.8 Å². The van der Waals surface area contributed by atoms with Gasteiger partial charge >= 0.3 is 0 Å². The lowest BCUT2D eigenvalue weighted by Crippen LogP contribution is -2.31. The van der Waals surface area contributed by atoms with Crippen LogP contribution in [0, 0.1) is 0 Å². The van der Waals surface area contributed by atoms with Gasteiger partial charge in [-0.2, -0.15) is 0 Å². The molecule has 1 nitrogen and oxygen atoms in total. The van der Waals surface area contributed by atoms with Crippen molar-refractivity contribution in [2.24, 2.45) is 5.73 Å². The third-order valence-electron chi connectivity index (χ3n) is 2.57. The quantitative estimate of drug-likeness (QED) is 0.758. The average Bonchev–Trinajstić information content (AvgIpc) is 2.18. The summed E-state index contributed by atoms with van der Waals surface area (Å²) in [5.41, 5.74) is 6.91. The molecule has 1 atom stereocenters. The van der Waals surface area contributed by atoms with E-state index < -0.39 is 0 Å². The Hall–Kier alpha value is -0.790. The molecule has 0 aliphatic rings. The Morgan fingerprint density at radius 2 is 2.29 bits per heavy atom. The monoisotopic (exact) mass is 209 g/mol. The lowest BCUT2D eigenvalue weighted by atomic mass is 9.80. The lowest BCUT2D eigenvalue weighted by molar-refractivity contribution is 0.491. The molecular formula is C12H16ClN. The van der Waals surface area contributed by atoms with Gasteiger partial charge in [-0.15, -0.1) is 6.58 Å². The van der Waals surface area contributed by atoms with Crippen LogP contribution in [-0.4, -0.2) is 6.54 Å². The molecule has 76 valence electrons. The zero-order chi connectivity index (χ0) is 10.6. The zero-order valence-electron chi connectivity index (χ0n) is 8.46. The standard InChI is InChI=1S/C12H16ClN/c1-3-7-12(2,9-14)10-5-4-6-11(13)8-10/h3-6,8H,1,7,9,14H2,2H3. The van der Waals surface area contributed by atoms with Crippen molar-refractivity contribution in [1.29, 1.82) is 0 Å². The summed E-state index contributed by atoms with van der Waals surface area (Å²) in [6, 6.07) is 7.85. The van der Waals surface area contributed by atoms with E-state index in [-0.39, 0.29) is 5.41 Å². The summed E-state index contributed by atoms with van der Waals surface area (Å²) in [5, 5.41) is 0.756. The fourth-order valence-electron chi connectivity index (χ4n) is 1.50. The summed E-state index contributed by atoms with van der Waals surface area (Å²) in [5.74, 6) is 0. The SMILES string of the molecule is C=CCC(C)(CN)c1cccc(Cl)c1. The third-order valence-corrected chi connectivity index (χ3v) is 2.80. The van der Waals surface area contributed by atoms with E-state index in [1.165, 1.54) is 5.56 Å². The van der Waals surface area contributed by atoms with Gasteiger partial charge in [0.25, 0.3) is 0 Å². The van der Waals surface area contributed by atoms with Crippen LogP contribution in [0.4, 0.5) is 0 Å². The molecule has 0 heterocycles. The molecule has 0 aromatic heterocycles. The van der Waals surface area contributed by atoms with Crippen LogP contribution in [0.1, 0.15) is 18.9 Å². The van der Waals surface area contributed by atoms with Crippen LogP contribution in [0.3, 0.4) is 0 Å². The maximum atomic E-state index is 5.94. The van der Waals surface area contributed by atoms with E-state index in [1.54, 1.807) is 0 Å². The summed E-state index contributed by atoms with van der Waals surface area (Å²) >= 11 is 5.94. The molecule has 14 heavy (non-hydrogen) atoms. The minimum absolute atomic E-state index is 0.0490. The Kier molecular flexibility index (Phi) is 3.73. The molecule has 0 radical (unpaired) electrons. The Morgan fingerprint density at radius 1 is 1.57 bits per heavy atom. The summed E-state index contributed by atoms with van der Waals surface area (Å²) in [6.45, 7) is 6.47. The second kappa shape index (κ2) is 4.63. The largest absolute Gasteiger partial charge is 0.330 e. The molecule has 2 heteroatoms. The van der Waals surface area contributed by atoms with Crippen molar-refractivity contribution < 1.29 is 0 Å². The first-order valence-corrected chi connectivity index (χ1v) is 5.07. The Bertz CT molecular complexity index is 322. The van der Waals surface area contributed by atoms with E-state index in [0.29, 0.717) is 6.54 Å². The van der Waals surface area contributed by atoms with Crippen LogP contribution in [0.25, 0.3) is 0 Å². The smallest absolute Gasteiger partial charge is 0.0408 e. The molecule has 0 bridgehead atoms. The minimum atomic E-state index is -0.0490. The summed E-state index contributed by atoms with van der Waals surface area (Å²) < 4.78 is 0. The first-order valence-electron chi connectivity index (χ1n) is 4.69. The van der Waals surface area contributed by atoms with Gasteiger partial charge in [-0.3, -0.25) is 0 Å². The van der Waals surface area contributed by atoms with E-state index in [1.807, 2.05) is 24.3 Å². The Balaban J connectivity index is 3.05. The van der Waals surface area contributed by atoms with Crippen molar-refractivity contribution in [3.05, 3.63) is 47.5 Å². The second-order valence-electron chi connectivity index (χ2n) is 3.77. The highest BCUT2D eigenvalue weighted by atomic mass is 35.5. The predicted molar refractivity (Wildman–Crippen MR) is 62.7 cm³/mol. The number of hydrogen-bond acceptors (Lipinski definition) is 1. The van der Waals surface area contributed by atoms with Gasteiger partial charge in [0, 0.05) is 17.0 Å². The topological polar surface area (TPSA) is 26.0 Å². The van der Waals surface area contributed by atoms with Crippen LogP contribution < -0.4 is 5.73 Å². The predicted octanol–water partition coefficient (Wildman–Crippen LogP) is 3.13. The van der Waals surface area contributed by atoms with Crippen molar-refractivity contribution >= 4 is 11.6 Å². The van der Waals surface area contributed by atoms with Crippen LogP contribution >= 0.6 is 11.6 Å². The Labute approximate surface area is 90.6 Å². The maximum Gasteiger partial charge on any atom is 0.0408 e. The third kappa shape index (κ3) is 2.37. The molecule has 1 aromatic carbocycles. The van der Waals surface area contributed by atoms with E-state index in [4.69, 9.17) is 17.3 Å². The highest BCUT2D eigenvalue weighted by molar-refractivity contribution is 6.30. The molecule has 0 aliphatic carbocycles. The Morgan fingerprint density at radius 3 is 2.79 bits per heavy atom. The van der Waals surface area contributed by atoms with Gasteiger partial charge < -0.3 is 5.73 Å². The normalized spacial score (nSPS) is 14.8. The minimum Gasteiger partial charge on any atom is -0.330 e. The first-order chi connectivity index (χ1) is 6.62. The zero-order valence-corrected chi connectivity index (χ0v) is 9.22. The molecule has 0 spiro atoms. The van der Waals surface area contributed by atoms with Crippen LogP contribution in [-0.2, 0) is 5.41 Å². The van der Waals surface area contributed by atoms with Crippen molar-refractivity contribution in [1.82, 2.24) is 0 Å². The summed E-state index contributed by atoms with van der Waals surface area (Å²) in [4.78, 5) is 0. The molecular weight excluding hydrogens is 194 g/mol. The molecule has 1 aromatic rings. The van der Waals surface area contributed by atoms with Gasteiger partial charge in [0.1, 0.15) is 0 Å². The fourth-order valence-corrected chi connectivity index (χ4v) is 1.69. The molecule has 0 saturated carbocycles. The second-order valence-corrected chi connectivity index (χ2v) is 4.20. The van der Waals surface area contributed by atoms with Crippen LogP contribution in [0.2, 0.25) is 5.02 Å². The van der Waals surface area contributed by atoms with E-state index in [9.17, 15) is 0 Å². The molecule has 0 amide bonds. The molecule has 0 fully saturated rings. The maximum absolute atomic E-state index is 5.94. The number of hydrogen-bond donors (Lipinski definition) is 1. The number of nitrogens with two attached hydrogens (primary N) is 1. The number of allylic oxidation sites excluding steroid dienone is 1. The van der Waals surface area contributed by atoms with Crippen LogP contribution in [0.15, 0.2) is 36.9 Å². The first kappa shape index (κ1) is 11.3. The van der Waals surface area contributed by atoms with Crippen LogP contribution in [0.5, 0.6) is 0 Å². The molecule has 0 saturated heterocycles. The van der Waals surface area contributed by atoms with Crippen molar-refractivity contribution in [3.63, 3.8) is 0 Å². The van der Waals surface area contributed by atoms with Gasteiger partial charge in [-0.25, -0.2) is 0 Å². The highest BCUT2D eigenvalue weighted by Crippen LogP contribution is 2.28. The number of rotatable bonds is 4. The number of benzene rings is 1. The van der Waals surface area contributed by atoms with Crippen molar-refractivity contribution in [3.8, 4) is 0 Å². The summed E-state index contributed by atoms with van der Waals surface area (Å²) in [6.07, 6.45) is 2.76. The molecule has 1 unspecified atom stereocenters. The van der Waals surface area contributed by atoms with E-state index >= 15 is 0 Å². The fraction of sp³-hybridized carbons (Fsp3) is 0.333.